The van der Waals surface area contributed by atoms with Crippen LogP contribution in [-0.2, 0) is 11.3 Å². The molecule has 2 rings (SSSR count). The maximum Gasteiger partial charge on any atom is 0.0669 e. The van der Waals surface area contributed by atoms with Gasteiger partial charge in [0.05, 0.1) is 6.10 Å². The minimum atomic E-state index is 0.444. The molecule has 1 N–H and O–H groups in total. The second kappa shape index (κ2) is 7.67. The van der Waals surface area contributed by atoms with Crippen LogP contribution in [0.4, 0.5) is 0 Å². The van der Waals surface area contributed by atoms with Crippen LogP contribution in [0.2, 0.25) is 0 Å². The molecule has 0 saturated carbocycles. The lowest BCUT2D eigenvalue weighted by Gasteiger charge is -2.12. The van der Waals surface area contributed by atoms with E-state index in [1.165, 1.54) is 27.8 Å². The lowest BCUT2D eigenvalue weighted by Crippen LogP contribution is -2.21. The molecule has 0 amide bonds. The van der Waals surface area contributed by atoms with Crippen molar-refractivity contribution in [3.63, 3.8) is 0 Å². The topological polar surface area (TPSA) is 21.3 Å². The fourth-order valence-electron chi connectivity index (χ4n) is 2.05. The zero-order valence-corrected chi connectivity index (χ0v) is 14.0. The maximum absolute atomic E-state index is 5.66. The molecule has 1 aliphatic heterocycles. The van der Waals surface area contributed by atoms with Gasteiger partial charge in [0.25, 0.3) is 0 Å². The Morgan fingerprint density at radius 3 is 2.95 bits per heavy atom. The first kappa shape index (κ1) is 15.4. The van der Waals surface area contributed by atoms with Crippen LogP contribution in [0.1, 0.15) is 32.3 Å². The van der Waals surface area contributed by atoms with Crippen molar-refractivity contribution in [3.8, 4) is 0 Å². The molecule has 19 heavy (non-hydrogen) atoms. The van der Waals surface area contributed by atoms with Gasteiger partial charge < -0.3 is 10.1 Å². The van der Waals surface area contributed by atoms with Gasteiger partial charge in [-0.2, -0.15) is 0 Å². The molecule has 0 spiro atoms. The van der Waals surface area contributed by atoms with Crippen molar-refractivity contribution in [1.29, 1.82) is 0 Å². The summed E-state index contributed by atoms with van der Waals surface area (Å²) in [7, 11) is 0. The van der Waals surface area contributed by atoms with E-state index in [0.717, 1.165) is 18.9 Å². The first-order chi connectivity index (χ1) is 9.15. The third-order valence-corrected chi connectivity index (χ3v) is 5.28. The van der Waals surface area contributed by atoms with Gasteiger partial charge in [0.2, 0.25) is 0 Å². The van der Waals surface area contributed by atoms with E-state index < -0.39 is 0 Å². The summed E-state index contributed by atoms with van der Waals surface area (Å²) in [6.07, 6.45) is 2.87. The Hall–Kier alpha value is -0.0300. The lowest BCUT2D eigenvalue weighted by atomic mass is 10.2. The summed E-state index contributed by atoms with van der Waals surface area (Å²) in [6.45, 7) is 6.20. The molecule has 1 heterocycles. The zero-order valence-electron chi connectivity index (χ0n) is 11.6. The van der Waals surface area contributed by atoms with Crippen molar-refractivity contribution in [2.45, 2.75) is 50.3 Å². The average Bonchev–Trinajstić information content (AvgIpc) is 2.88. The van der Waals surface area contributed by atoms with Crippen LogP contribution in [0, 0.1) is 0 Å². The van der Waals surface area contributed by atoms with Crippen molar-refractivity contribution >= 4 is 27.7 Å². The van der Waals surface area contributed by atoms with Gasteiger partial charge in [-0.1, -0.05) is 19.9 Å². The molecule has 0 aromatic heterocycles. The number of ether oxygens (including phenoxy) is 1. The summed E-state index contributed by atoms with van der Waals surface area (Å²) in [5, 5.41) is 3.44. The van der Waals surface area contributed by atoms with Crippen molar-refractivity contribution in [2.75, 3.05) is 12.4 Å². The number of rotatable bonds is 6. The van der Waals surface area contributed by atoms with Gasteiger partial charge in [-0.05, 0) is 46.5 Å². The lowest BCUT2D eigenvalue weighted by molar-refractivity contribution is 0.129. The highest BCUT2D eigenvalue weighted by molar-refractivity contribution is 9.10. The number of hydrogen-bond donors (Lipinski definition) is 1. The largest absolute Gasteiger partial charge is 0.377 e. The Morgan fingerprint density at radius 2 is 2.32 bits per heavy atom. The van der Waals surface area contributed by atoms with E-state index in [0.29, 0.717) is 12.1 Å². The highest BCUT2D eigenvalue weighted by Crippen LogP contribution is 2.30. The van der Waals surface area contributed by atoms with Crippen LogP contribution in [0.25, 0.3) is 0 Å². The first-order valence-electron chi connectivity index (χ1n) is 6.91. The average molecular weight is 344 g/mol. The molecular weight excluding hydrogens is 322 g/mol. The molecule has 0 radical (unpaired) electrons. The van der Waals surface area contributed by atoms with Gasteiger partial charge in [0.15, 0.2) is 0 Å². The number of halogens is 1. The molecule has 0 bridgehead atoms. The summed E-state index contributed by atoms with van der Waals surface area (Å²) in [4.78, 5) is 1.31. The second-order valence-electron chi connectivity index (χ2n) is 5.25. The number of benzene rings is 1. The summed E-state index contributed by atoms with van der Waals surface area (Å²) in [5.41, 5.74) is 1.32. The van der Waals surface area contributed by atoms with Crippen LogP contribution in [0.15, 0.2) is 27.6 Å². The quantitative estimate of drug-likeness (QED) is 0.781. The van der Waals surface area contributed by atoms with E-state index in [9.17, 15) is 0 Å². The molecule has 1 fully saturated rings. The highest BCUT2D eigenvalue weighted by Gasteiger charge is 2.16. The Morgan fingerprint density at radius 1 is 1.47 bits per heavy atom. The van der Waals surface area contributed by atoms with Crippen molar-refractivity contribution in [2.24, 2.45) is 0 Å². The second-order valence-corrected chi connectivity index (χ2v) is 7.16. The van der Waals surface area contributed by atoms with Crippen LogP contribution in [0.5, 0.6) is 0 Å². The van der Waals surface area contributed by atoms with Crippen molar-refractivity contribution < 1.29 is 4.74 Å². The van der Waals surface area contributed by atoms with Gasteiger partial charge in [-0.15, -0.1) is 11.8 Å². The molecule has 1 atom stereocenters. The van der Waals surface area contributed by atoms with Gasteiger partial charge in [-0.3, -0.25) is 0 Å². The van der Waals surface area contributed by atoms with Gasteiger partial charge in [-0.25, -0.2) is 0 Å². The molecule has 2 nitrogen and oxygen atoms in total. The highest BCUT2D eigenvalue weighted by atomic mass is 79.9. The third kappa shape index (κ3) is 5.10. The first-order valence-corrected chi connectivity index (χ1v) is 8.69. The standard InChI is InChI=1S/C15H22BrNOS/c1-11(2)17-9-12-5-6-15(14(16)8-12)19-10-13-4-3-7-18-13/h5-6,8,11,13,17H,3-4,7,9-10H2,1-2H3. The summed E-state index contributed by atoms with van der Waals surface area (Å²) in [5.74, 6) is 1.06. The van der Waals surface area contributed by atoms with E-state index in [-0.39, 0.29) is 0 Å². The van der Waals surface area contributed by atoms with Crippen LogP contribution in [0.3, 0.4) is 0 Å². The van der Waals surface area contributed by atoms with E-state index in [1.807, 2.05) is 11.8 Å². The van der Waals surface area contributed by atoms with E-state index >= 15 is 0 Å². The molecule has 4 heteroatoms. The van der Waals surface area contributed by atoms with Gasteiger partial charge in [0.1, 0.15) is 0 Å². The monoisotopic (exact) mass is 343 g/mol. The summed E-state index contributed by atoms with van der Waals surface area (Å²) >= 11 is 5.56. The Balaban J connectivity index is 1.87. The SMILES string of the molecule is CC(C)NCc1ccc(SCC2CCCO2)c(Br)c1. The Kier molecular flexibility index (Phi) is 6.20. The molecule has 1 unspecified atom stereocenters. The van der Waals surface area contributed by atoms with Crippen molar-refractivity contribution in [1.82, 2.24) is 5.32 Å². The summed E-state index contributed by atoms with van der Waals surface area (Å²) < 4.78 is 6.85. The molecular formula is C15H22BrNOS. The maximum atomic E-state index is 5.66. The predicted octanol–water partition coefficient (Wildman–Crippen LogP) is 4.22. The molecule has 1 aliphatic rings. The number of nitrogens with one attached hydrogen (secondary N) is 1. The molecule has 1 aromatic carbocycles. The van der Waals surface area contributed by atoms with E-state index in [2.05, 4.69) is 53.3 Å². The fraction of sp³-hybridized carbons (Fsp3) is 0.600. The normalized spacial score (nSPS) is 19.3. The third-order valence-electron chi connectivity index (χ3n) is 3.16. The Bertz CT molecular complexity index is 405. The van der Waals surface area contributed by atoms with E-state index in [1.54, 1.807) is 0 Å². The van der Waals surface area contributed by atoms with Crippen molar-refractivity contribution in [3.05, 3.63) is 28.2 Å². The smallest absolute Gasteiger partial charge is 0.0669 e. The minimum absolute atomic E-state index is 0.444. The minimum Gasteiger partial charge on any atom is -0.377 e. The summed E-state index contributed by atoms with van der Waals surface area (Å²) in [6, 6.07) is 7.15. The van der Waals surface area contributed by atoms with Gasteiger partial charge in [0, 0.05) is 34.3 Å². The van der Waals surface area contributed by atoms with Crippen LogP contribution < -0.4 is 5.32 Å². The van der Waals surface area contributed by atoms with E-state index in [4.69, 9.17) is 4.74 Å². The zero-order chi connectivity index (χ0) is 13.7. The fourth-order valence-corrected chi connectivity index (χ4v) is 3.81. The molecule has 1 aromatic rings. The predicted molar refractivity (Wildman–Crippen MR) is 85.8 cm³/mol. The molecule has 106 valence electrons. The number of thioether (sulfide) groups is 1. The van der Waals surface area contributed by atoms with Crippen LogP contribution >= 0.6 is 27.7 Å². The Labute approximate surface area is 128 Å². The molecule has 0 aliphatic carbocycles. The molecule has 1 saturated heterocycles. The number of hydrogen-bond acceptors (Lipinski definition) is 3. The van der Waals surface area contributed by atoms with Gasteiger partial charge >= 0.3 is 0 Å². The van der Waals surface area contributed by atoms with Crippen LogP contribution in [-0.4, -0.2) is 24.5 Å².